The van der Waals surface area contributed by atoms with E-state index in [9.17, 15) is 9.18 Å². The lowest BCUT2D eigenvalue weighted by molar-refractivity contribution is 0.102. The van der Waals surface area contributed by atoms with Gasteiger partial charge in [0.2, 0.25) is 0 Å². The molecular weight excluding hydrogens is 335 g/mol. The number of nitrogens with zero attached hydrogens (tertiary/aromatic N) is 4. The molecule has 0 bridgehead atoms. The Balaban J connectivity index is 1.72. The summed E-state index contributed by atoms with van der Waals surface area (Å²) in [4.78, 5) is 12.8. The van der Waals surface area contributed by atoms with Gasteiger partial charge in [0, 0.05) is 12.3 Å². The summed E-state index contributed by atoms with van der Waals surface area (Å²) in [7, 11) is 0. The summed E-state index contributed by atoms with van der Waals surface area (Å²) < 4.78 is 16.3. The number of nitrogen functional groups attached to an aromatic ring is 1. The first kappa shape index (κ1) is 15.8. The second kappa shape index (κ2) is 5.99. The van der Waals surface area contributed by atoms with Crippen molar-refractivity contribution >= 4 is 23.1 Å². The monoisotopic (exact) mass is 350 g/mol. The molecule has 4 rings (SSSR count). The Kier molecular flexibility index (Phi) is 3.65. The minimum Gasteiger partial charge on any atom is -0.382 e. The zero-order valence-corrected chi connectivity index (χ0v) is 13.8. The third-order valence-electron chi connectivity index (χ3n) is 3.94. The van der Waals surface area contributed by atoms with Crippen molar-refractivity contribution in [3.05, 3.63) is 71.8 Å². The highest BCUT2D eigenvalue weighted by atomic mass is 19.1. The normalized spacial score (nSPS) is 11.0. The van der Waals surface area contributed by atoms with E-state index in [1.54, 1.807) is 54.0 Å². The molecule has 0 saturated carbocycles. The molecule has 3 N–H and O–H groups in total. The van der Waals surface area contributed by atoms with Crippen molar-refractivity contribution in [3.63, 3.8) is 0 Å². The molecule has 0 aliphatic heterocycles. The lowest BCUT2D eigenvalue weighted by Crippen LogP contribution is -2.16. The summed E-state index contributed by atoms with van der Waals surface area (Å²) in [6, 6.07) is 12.9. The first-order valence-electron chi connectivity index (χ1n) is 7.90. The summed E-state index contributed by atoms with van der Waals surface area (Å²) in [6.07, 6.45) is 1.72. The van der Waals surface area contributed by atoms with Crippen LogP contribution in [0, 0.1) is 12.7 Å². The number of benzene rings is 1. The third-order valence-corrected chi connectivity index (χ3v) is 3.94. The second-order valence-corrected chi connectivity index (χ2v) is 5.80. The molecule has 26 heavy (non-hydrogen) atoms. The van der Waals surface area contributed by atoms with Crippen molar-refractivity contribution in [2.75, 3.05) is 11.1 Å². The van der Waals surface area contributed by atoms with Crippen LogP contribution in [0.5, 0.6) is 0 Å². The largest absolute Gasteiger partial charge is 0.382 e. The lowest BCUT2D eigenvalue weighted by atomic mass is 10.2. The Labute approximate surface area is 147 Å². The third kappa shape index (κ3) is 2.67. The molecule has 0 aliphatic rings. The van der Waals surface area contributed by atoms with Gasteiger partial charge in [-0.1, -0.05) is 6.07 Å². The number of aryl methyl sites for hydroxylation is 1. The van der Waals surface area contributed by atoms with E-state index >= 15 is 0 Å². The minimum absolute atomic E-state index is 0.137. The number of rotatable bonds is 3. The van der Waals surface area contributed by atoms with Crippen LogP contribution in [0.25, 0.3) is 11.2 Å². The lowest BCUT2D eigenvalue weighted by Gasteiger charge is -2.09. The van der Waals surface area contributed by atoms with E-state index in [0.717, 1.165) is 0 Å². The van der Waals surface area contributed by atoms with E-state index in [4.69, 9.17) is 5.73 Å². The van der Waals surface area contributed by atoms with Crippen LogP contribution in [0.3, 0.4) is 0 Å². The first-order valence-corrected chi connectivity index (χ1v) is 7.90. The minimum atomic E-state index is -0.396. The fourth-order valence-corrected chi connectivity index (χ4v) is 2.80. The van der Waals surface area contributed by atoms with E-state index in [-0.39, 0.29) is 17.2 Å². The Morgan fingerprint density at radius 2 is 1.92 bits per heavy atom. The highest BCUT2D eigenvalue weighted by Gasteiger charge is 2.20. The van der Waals surface area contributed by atoms with Crippen LogP contribution >= 0.6 is 0 Å². The van der Waals surface area contributed by atoms with Crippen molar-refractivity contribution in [2.45, 2.75) is 6.92 Å². The number of carbonyl (C=O) groups excluding carboxylic acids is 1. The van der Waals surface area contributed by atoms with Gasteiger partial charge in [-0.15, -0.1) is 5.10 Å². The Bertz CT molecular complexity index is 1110. The number of anilines is 2. The molecular formula is C18H15FN6O. The smallest absolute Gasteiger partial charge is 0.262 e. The van der Waals surface area contributed by atoms with Crippen molar-refractivity contribution in [2.24, 2.45) is 0 Å². The number of hydrogen-bond acceptors (Lipinski definition) is 4. The molecule has 130 valence electrons. The molecule has 0 saturated heterocycles. The number of nitrogens with two attached hydrogens (primary N) is 1. The van der Waals surface area contributed by atoms with E-state index in [0.29, 0.717) is 22.7 Å². The van der Waals surface area contributed by atoms with E-state index in [1.807, 2.05) is 0 Å². The molecule has 0 aliphatic carbocycles. The van der Waals surface area contributed by atoms with Crippen LogP contribution < -0.4 is 11.1 Å². The van der Waals surface area contributed by atoms with Crippen LogP contribution in [0.15, 0.2) is 54.7 Å². The molecule has 0 atom stereocenters. The summed E-state index contributed by atoms with van der Waals surface area (Å²) >= 11 is 0. The van der Waals surface area contributed by atoms with Crippen molar-refractivity contribution in [1.29, 1.82) is 0 Å². The average Bonchev–Trinajstić information content (AvgIpc) is 3.14. The number of carbonyl (C=O) groups is 1. The Morgan fingerprint density at radius 3 is 2.69 bits per heavy atom. The maximum absolute atomic E-state index is 13.2. The van der Waals surface area contributed by atoms with Gasteiger partial charge < -0.3 is 11.1 Å². The number of pyridine rings is 1. The standard InChI is InChI=1S/C18H15FN6O/c1-11-10-15(25(22-11)13-7-5-12(19)6-8-13)21-18(26)16-14-4-2-3-9-24(14)23-17(16)20/h2-10H,1H3,(H2,20,23)(H,21,26). The molecule has 0 unspecified atom stereocenters. The highest BCUT2D eigenvalue weighted by molar-refractivity contribution is 6.12. The molecule has 3 aromatic heterocycles. The number of halogens is 1. The van der Waals surface area contributed by atoms with Gasteiger partial charge in [-0.25, -0.2) is 13.6 Å². The zero-order valence-electron chi connectivity index (χ0n) is 13.8. The van der Waals surface area contributed by atoms with Crippen LogP contribution in [0.1, 0.15) is 16.1 Å². The van der Waals surface area contributed by atoms with Crippen LogP contribution in [0.4, 0.5) is 16.0 Å². The van der Waals surface area contributed by atoms with Crippen molar-refractivity contribution in [1.82, 2.24) is 19.4 Å². The predicted molar refractivity (Wildman–Crippen MR) is 95.8 cm³/mol. The highest BCUT2D eigenvalue weighted by Crippen LogP contribution is 2.22. The van der Waals surface area contributed by atoms with Gasteiger partial charge in [-0.2, -0.15) is 5.10 Å². The molecule has 0 spiro atoms. The molecule has 0 radical (unpaired) electrons. The number of amides is 1. The van der Waals surface area contributed by atoms with E-state index in [2.05, 4.69) is 15.5 Å². The van der Waals surface area contributed by atoms with E-state index < -0.39 is 5.91 Å². The van der Waals surface area contributed by atoms with Gasteiger partial charge in [0.25, 0.3) is 5.91 Å². The van der Waals surface area contributed by atoms with Crippen molar-refractivity contribution in [3.8, 4) is 5.69 Å². The Morgan fingerprint density at radius 1 is 1.15 bits per heavy atom. The molecule has 3 heterocycles. The van der Waals surface area contributed by atoms with Gasteiger partial charge in [-0.3, -0.25) is 4.79 Å². The molecule has 7 nitrogen and oxygen atoms in total. The maximum Gasteiger partial charge on any atom is 0.262 e. The van der Waals surface area contributed by atoms with Gasteiger partial charge in [0.15, 0.2) is 5.82 Å². The fourth-order valence-electron chi connectivity index (χ4n) is 2.80. The summed E-state index contributed by atoms with van der Waals surface area (Å²) in [6.45, 7) is 1.80. The van der Waals surface area contributed by atoms with Gasteiger partial charge in [-0.05, 0) is 43.3 Å². The fraction of sp³-hybridized carbons (Fsp3) is 0.0556. The maximum atomic E-state index is 13.2. The molecule has 1 aromatic carbocycles. The predicted octanol–water partition coefficient (Wildman–Crippen LogP) is 2.80. The van der Waals surface area contributed by atoms with Crippen LogP contribution in [0.2, 0.25) is 0 Å². The molecule has 8 heteroatoms. The molecule has 1 amide bonds. The van der Waals surface area contributed by atoms with Gasteiger partial charge >= 0.3 is 0 Å². The van der Waals surface area contributed by atoms with Crippen LogP contribution in [-0.2, 0) is 0 Å². The number of aromatic nitrogens is 4. The van der Waals surface area contributed by atoms with Crippen LogP contribution in [-0.4, -0.2) is 25.3 Å². The molecule has 4 aromatic rings. The SMILES string of the molecule is Cc1cc(NC(=O)c2c(N)nn3ccccc23)n(-c2ccc(F)cc2)n1. The topological polar surface area (TPSA) is 90.2 Å². The summed E-state index contributed by atoms with van der Waals surface area (Å²) in [5, 5.41) is 11.3. The average molecular weight is 350 g/mol. The first-order chi connectivity index (χ1) is 12.5. The summed E-state index contributed by atoms with van der Waals surface area (Å²) in [5.41, 5.74) is 8.15. The quantitative estimate of drug-likeness (QED) is 0.594. The van der Waals surface area contributed by atoms with Crippen molar-refractivity contribution < 1.29 is 9.18 Å². The van der Waals surface area contributed by atoms with E-state index in [1.165, 1.54) is 16.8 Å². The second-order valence-electron chi connectivity index (χ2n) is 5.80. The van der Waals surface area contributed by atoms with Gasteiger partial charge in [0.05, 0.1) is 16.9 Å². The number of nitrogens with one attached hydrogen (secondary N) is 1. The summed E-state index contributed by atoms with van der Waals surface area (Å²) in [5.74, 6) is -0.152. The Hall–Kier alpha value is -3.68. The van der Waals surface area contributed by atoms with Gasteiger partial charge in [0.1, 0.15) is 17.2 Å². The molecule has 0 fully saturated rings. The number of fused-ring (bicyclic) bond motifs is 1. The zero-order chi connectivity index (χ0) is 18.3. The number of hydrogen-bond donors (Lipinski definition) is 2.